The molecule has 3 aliphatic heterocycles. The molecule has 50 heavy (non-hydrogen) atoms. The maximum atomic E-state index is 14.0. The van der Waals surface area contributed by atoms with Crippen LogP contribution in [0.25, 0.3) is 0 Å². The number of carbonyl (C=O) groups is 4. The molecule has 0 saturated carbocycles. The second-order valence-corrected chi connectivity index (χ2v) is 13.3. The van der Waals surface area contributed by atoms with Gasteiger partial charge in [-0.05, 0) is 85.7 Å². The molecule has 3 aromatic carbocycles. The number of aryl methyl sites for hydroxylation is 2. The summed E-state index contributed by atoms with van der Waals surface area (Å²) in [6, 6.07) is 18.5. The summed E-state index contributed by atoms with van der Waals surface area (Å²) in [5.41, 5.74) is 5.52. The lowest BCUT2D eigenvalue weighted by Gasteiger charge is -2.39. The van der Waals surface area contributed by atoms with E-state index in [1.54, 1.807) is 35.8 Å². The van der Waals surface area contributed by atoms with E-state index in [4.69, 9.17) is 9.47 Å². The number of para-hydroxylation sites is 1. The number of phenolic OH excluding ortho intramolecular Hbond substituents is 1. The largest absolute Gasteiger partial charge is 0.507 e. The summed E-state index contributed by atoms with van der Waals surface area (Å²) in [6.07, 6.45) is 0.544. The van der Waals surface area contributed by atoms with Crippen molar-refractivity contribution in [2.75, 3.05) is 63.1 Å². The minimum absolute atomic E-state index is 0.0123. The number of benzene rings is 3. The van der Waals surface area contributed by atoms with Crippen LogP contribution < -0.4 is 10.2 Å². The maximum Gasteiger partial charge on any atom is 0.410 e. The molecular weight excluding hydrogens is 638 g/mol. The second kappa shape index (κ2) is 15.1. The van der Waals surface area contributed by atoms with Gasteiger partial charge in [0, 0.05) is 69.7 Å². The number of hydrogen-bond acceptors (Lipinski definition) is 8. The number of nitrogens with one attached hydrogen (secondary N) is 1. The zero-order valence-electron chi connectivity index (χ0n) is 28.9. The van der Waals surface area contributed by atoms with Gasteiger partial charge in [-0.3, -0.25) is 4.79 Å². The van der Waals surface area contributed by atoms with Gasteiger partial charge in [-0.1, -0.05) is 30.3 Å². The molecule has 2 saturated heterocycles. The molecule has 3 aliphatic rings. The number of piperidine rings is 1. The van der Waals surface area contributed by atoms with Gasteiger partial charge in [-0.2, -0.15) is 0 Å². The van der Waals surface area contributed by atoms with E-state index in [1.165, 1.54) is 7.11 Å². The van der Waals surface area contributed by atoms with E-state index < -0.39 is 18.2 Å². The van der Waals surface area contributed by atoms with Crippen molar-refractivity contribution < 1.29 is 33.8 Å². The first-order valence-electron chi connectivity index (χ1n) is 17.2. The number of phenols is 1. The van der Waals surface area contributed by atoms with Gasteiger partial charge >= 0.3 is 18.1 Å². The minimum Gasteiger partial charge on any atom is -0.507 e. The number of esters is 1. The number of rotatable bonds is 7. The molecule has 0 aromatic heterocycles. The van der Waals surface area contributed by atoms with Crippen molar-refractivity contribution in [1.82, 2.24) is 14.7 Å². The zero-order valence-corrected chi connectivity index (χ0v) is 28.9. The van der Waals surface area contributed by atoms with E-state index in [9.17, 15) is 24.3 Å². The number of carbonyl (C=O) groups excluding carboxylic acids is 4. The van der Waals surface area contributed by atoms with Crippen molar-refractivity contribution in [3.8, 4) is 5.75 Å². The van der Waals surface area contributed by atoms with E-state index in [2.05, 4.69) is 10.2 Å². The highest BCUT2D eigenvalue weighted by Gasteiger charge is 2.35. The standard InChI is InChI=1S/C38H45N5O7/c1-25-22-27(23-26(2)34(25)44)24-33(35(45)41-20-18-40(19-21-41)30-10-8-29(9-11-30)36(46)49-3)50-38(48)42-15-13-31(14-16-42)43-17-12-28-6-4-5-7-32(28)39-37(43)47/h4-11,22-23,31,33,44H,12-21,24H2,1-3H3,(H,39,47)/t33-/m1/s1. The lowest BCUT2D eigenvalue weighted by molar-refractivity contribution is -0.141. The maximum absolute atomic E-state index is 14.0. The topological polar surface area (TPSA) is 132 Å². The van der Waals surface area contributed by atoms with Crippen molar-refractivity contribution in [3.63, 3.8) is 0 Å². The zero-order chi connectivity index (χ0) is 35.4. The van der Waals surface area contributed by atoms with Crippen LogP contribution in [-0.4, -0.2) is 109 Å². The number of anilines is 2. The predicted octanol–water partition coefficient (Wildman–Crippen LogP) is 4.75. The van der Waals surface area contributed by atoms with Crippen LogP contribution in [0, 0.1) is 13.8 Å². The molecule has 1 atom stereocenters. The third-order valence-electron chi connectivity index (χ3n) is 10.0. The molecule has 6 rings (SSSR count). The second-order valence-electron chi connectivity index (χ2n) is 13.3. The van der Waals surface area contributed by atoms with Crippen LogP contribution in [0.15, 0.2) is 60.7 Å². The van der Waals surface area contributed by atoms with Gasteiger partial charge in [0.15, 0.2) is 6.10 Å². The van der Waals surface area contributed by atoms with Crippen molar-refractivity contribution in [1.29, 1.82) is 0 Å². The first kappa shape index (κ1) is 34.6. The Bertz CT molecular complexity index is 1710. The number of amides is 4. The van der Waals surface area contributed by atoms with Crippen molar-refractivity contribution >= 4 is 35.4 Å². The van der Waals surface area contributed by atoms with Gasteiger partial charge in [0.1, 0.15) is 5.75 Å². The monoisotopic (exact) mass is 683 g/mol. The Morgan fingerprint density at radius 3 is 2.20 bits per heavy atom. The quantitative estimate of drug-likeness (QED) is 0.342. The van der Waals surface area contributed by atoms with Gasteiger partial charge in [0.25, 0.3) is 5.91 Å². The summed E-state index contributed by atoms with van der Waals surface area (Å²) < 4.78 is 10.8. The Labute approximate surface area is 292 Å². The molecule has 0 spiro atoms. The minimum atomic E-state index is -1.05. The number of ether oxygens (including phenoxy) is 2. The number of urea groups is 1. The summed E-state index contributed by atoms with van der Waals surface area (Å²) >= 11 is 0. The van der Waals surface area contributed by atoms with Gasteiger partial charge < -0.3 is 39.5 Å². The fraction of sp³-hybridized carbons (Fsp3) is 0.421. The summed E-state index contributed by atoms with van der Waals surface area (Å²) in [7, 11) is 1.35. The highest BCUT2D eigenvalue weighted by atomic mass is 16.6. The fourth-order valence-corrected chi connectivity index (χ4v) is 7.17. The summed E-state index contributed by atoms with van der Waals surface area (Å²) in [5, 5.41) is 13.4. The molecule has 0 aliphatic carbocycles. The average Bonchev–Trinajstić information content (AvgIpc) is 3.31. The first-order valence-corrected chi connectivity index (χ1v) is 17.2. The molecule has 0 bridgehead atoms. The van der Waals surface area contributed by atoms with E-state index in [0.717, 1.165) is 28.9 Å². The number of nitrogens with zero attached hydrogens (tertiary/aromatic N) is 4. The Morgan fingerprint density at radius 2 is 1.54 bits per heavy atom. The molecule has 0 unspecified atom stereocenters. The van der Waals surface area contributed by atoms with Crippen LogP contribution in [0.5, 0.6) is 5.75 Å². The van der Waals surface area contributed by atoms with Gasteiger partial charge in [0.05, 0.1) is 12.7 Å². The Morgan fingerprint density at radius 1 is 0.880 bits per heavy atom. The molecule has 0 radical (unpaired) electrons. The normalized spacial score (nSPS) is 17.4. The third-order valence-corrected chi connectivity index (χ3v) is 10.0. The molecule has 12 nitrogen and oxygen atoms in total. The summed E-state index contributed by atoms with van der Waals surface area (Å²) in [4.78, 5) is 60.0. The molecule has 3 heterocycles. The van der Waals surface area contributed by atoms with Crippen molar-refractivity contribution in [2.24, 2.45) is 0 Å². The highest BCUT2D eigenvalue weighted by Crippen LogP contribution is 2.27. The van der Waals surface area contributed by atoms with E-state index in [0.29, 0.717) is 75.3 Å². The summed E-state index contributed by atoms with van der Waals surface area (Å²) in [6.45, 7) is 7.05. The van der Waals surface area contributed by atoms with Crippen LogP contribution >= 0.6 is 0 Å². The lowest BCUT2D eigenvalue weighted by Crippen LogP contribution is -2.54. The number of hydrogen-bond donors (Lipinski definition) is 2. The van der Waals surface area contributed by atoms with Crippen LogP contribution in [0.1, 0.15) is 45.5 Å². The highest BCUT2D eigenvalue weighted by molar-refractivity contribution is 5.91. The SMILES string of the molecule is COC(=O)c1ccc(N2CCN(C(=O)[C@@H](Cc3cc(C)c(O)c(C)c3)OC(=O)N3CCC(N4CCc5ccccc5NC4=O)CC3)CC2)cc1. The molecule has 12 heteroatoms. The summed E-state index contributed by atoms with van der Waals surface area (Å²) in [5.74, 6) is -0.459. The molecule has 2 N–H and O–H groups in total. The number of piperazine rings is 1. The lowest BCUT2D eigenvalue weighted by atomic mass is 10.0. The molecular formula is C38H45N5O7. The smallest absolute Gasteiger partial charge is 0.410 e. The third kappa shape index (κ3) is 7.64. The molecule has 3 aromatic rings. The Balaban J connectivity index is 1.09. The Hall–Kier alpha value is -5.26. The predicted molar refractivity (Wildman–Crippen MR) is 189 cm³/mol. The number of likely N-dealkylation sites (tertiary alicyclic amines) is 1. The van der Waals surface area contributed by atoms with Gasteiger partial charge in [0.2, 0.25) is 0 Å². The number of aromatic hydroxyl groups is 1. The number of fused-ring (bicyclic) bond motifs is 1. The van der Waals surface area contributed by atoms with Crippen molar-refractivity contribution in [2.45, 2.75) is 51.7 Å². The number of methoxy groups -OCH3 is 1. The van der Waals surface area contributed by atoms with Gasteiger partial charge in [-0.15, -0.1) is 0 Å². The van der Waals surface area contributed by atoms with Crippen LogP contribution in [0.2, 0.25) is 0 Å². The molecule has 4 amide bonds. The van der Waals surface area contributed by atoms with Gasteiger partial charge in [-0.25, -0.2) is 14.4 Å². The van der Waals surface area contributed by atoms with Crippen LogP contribution in [-0.2, 0) is 27.1 Å². The van der Waals surface area contributed by atoms with E-state index in [1.807, 2.05) is 53.4 Å². The Kier molecular flexibility index (Phi) is 10.4. The van der Waals surface area contributed by atoms with Crippen LogP contribution in [0.3, 0.4) is 0 Å². The molecule has 264 valence electrons. The average molecular weight is 684 g/mol. The van der Waals surface area contributed by atoms with Crippen molar-refractivity contribution in [3.05, 3.63) is 88.5 Å². The fourth-order valence-electron chi connectivity index (χ4n) is 7.17. The van der Waals surface area contributed by atoms with E-state index in [-0.39, 0.29) is 30.2 Å². The van der Waals surface area contributed by atoms with Crippen LogP contribution in [0.4, 0.5) is 21.0 Å². The first-order chi connectivity index (χ1) is 24.1. The molecule has 2 fully saturated rings. The van der Waals surface area contributed by atoms with E-state index >= 15 is 0 Å².